The Morgan fingerprint density at radius 2 is 1.90 bits per heavy atom. The second-order valence-electron chi connectivity index (χ2n) is 7.16. The molecule has 0 aromatic heterocycles. The topological polar surface area (TPSA) is 32.3 Å². The molecule has 3 nitrogen and oxygen atoms in total. The van der Waals surface area contributed by atoms with E-state index in [9.17, 15) is 4.79 Å². The van der Waals surface area contributed by atoms with Crippen molar-refractivity contribution in [2.75, 3.05) is 13.1 Å². The number of nitrogens with zero attached hydrogens (tertiary/aromatic N) is 1. The van der Waals surface area contributed by atoms with Gasteiger partial charge in [-0.25, -0.2) is 0 Å². The maximum Gasteiger partial charge on any atom is 0.243 e. The predicted octanol–water partition coefficient (Wildman–Crippen LogP) is 3.09. The highest BCUT2D eigenvalue weighted by Crippen LogP contribution is 2.35. The average Bonchev–Trinajstić information content (AvgIpc) is 3.22. The molecule has 2 aliphatic carbocycles. The van der Waals surface area contributed by atoms with Gasteiger partial charge >= 0.3 is 0 Å². The van der Waals surface area contributed by atoms with Crippen LogP contribution in [0, 0.1) is 5.92 Å². The lowest BCUT2D eigenvalue weighted by Gasteiger charge is -2.37. The molecule has 0 aromatic carbocycles. The summed E-state index contributed by atoms with van der Waals surface area (Å²) in [6.45, 7) is 4.22. The standard InChI is InChI=1S/C17H30N2O/c1-2-17(11-6-12-18-17)16(20)19(15-9-10-15)13-14-7-4-3-5-8-14/h14-15,18H,2-13H2,1H3. The minimum atomic E-state index is -0.225. The highest BCUT2D eigenvalue weighted by atomic mass is 16.2. The summed E-state index contributed by atoms with van der Waals surface area (Å²) in [5.41, 5.74) is -0.225. The maximum absolute atomic E-state index is 13.1. The van der Waals surface area contributed by atoms with Gasteiger partial charge in [0.1, 0.15) is 0 Å². The van der Waals surface area contributed by atoms with Crippen LogP contribution in [0.1, 0.15) is 71.1 Å². The highest BCUT2D eigenvalue weighted by Gasteiger charge is 2.45. The van der Waals surface area contributed by atoms with Gasteiger partial charge in [-0.15, -0.1) is 0 Å². The molecular formula is C17H30N2O. The molecule has 114 valence electrons. The van der Waals surface area contributed by atoms with Gasteiger partial charge in [0.25, 0.3) is 0 Å². The number of carbonyl (C=O) groups excluding carboxylic acids is 1. The first-order valence-electron chi connectivity index (χ1n) is 8.81. The Hall–Kier alpha value is -0.570. The maximum atomic E-state index is 13.1. The Bertz CT molecular complexity index is 339. The fourth-order valence-electron chi connectivity index (χ4n) is 4.15. The van der Waals surface area contributed by atoms with Gasteiger partial charge in [-0.1, -0.05) is 26.2 Å². The lowest BCUT2D eigenvalue weighted by molar-refractivity contribution is -0.139. The van der Waals surface area contributed by atoms with Crippen LogP contribution in [0.2, 0.25) is 0 Å². The lowest BCUT2D eigenvalue weighted by Crippen LogP contribution is -2.56. The van der Waals surface area contributed by atoms with Gasteiger partial charge < -0.3 is 10.2 Å². The molecule has 0 radical (unpaired) electrons. The van der Waals surface area contributed by atoms with Gasteiger partial charge in [-0.05, 0) is 57.4 Å². The molecule has 1 N–H and O–H groups in total. The van der Waals surface area contributed by atoms with Crippen molar-refractivity contribution in [3.63, 3.8) is 0 Å². The zero-order valence-corrected chi connectivity index (χ0v) is 13.0. The van der Waals surface area contributed by atoms with Crippen LogP contribution in [0.3, 0.4) is 0 Å². The molecule has 1 unspecified atom stereocenters. The van der Waals surface area contributed by atoms with Crippen LogP contribution in [0.4, 0.5) is 0 Å². The molecular weight excluding hydrogens is 248 g/mol. The van der Waals surface area contributed by atoms with Crippen molar-refractivity contribution in [1.82, 2.24) is 10.2 Å². The van der Waals surface area contributed by atoms with Crippen molar-refractivity contribution in [3.8, 4) is 0 Å². The van der Waals surface area contributed by atoms with Crippen LogP contribution in [0.25, 0.3) is 0 Å². The SMILES string of the molecule is CCC1(C(=O)N(CC2CCCCC2)C2CC2)CCCN1. The van der Waals surface area contributed by atoms with E-state index in [1.165, 1.54) is 44.9 Å². The molecule has 1 atom stereocenters. The average molecular weight is 278 g/mol. The van der Waals surface area contributed by atoms with E-state index in [-0.39, 0.29) is 5.54 Å². The van der Waals surface area contributed by atoms with Crippen LogP contribution in [0.5, 0.6) is 0 Å². The monoisotopic (exact) mass is 278 g/mol. The summed E-state index contributed by atoms with van der Waals surface area (Å²) in [4.78, 5) is 15.4. The van der Waals surface area contributed by atoms with Gasteiger partial charge in [0, 0.05) is 12.6 Å². The van der Waals surface area contributed by atoms with Gasteiger partial charge in [-0.2, -0.15) is 0 Å². The second-order valence-corrected chi connectivity index (χ2v) is 7.16. The molecule has 0 bridgehead atoms. The third kappa shape index (κ3) is 2.88. The van der Waals surface area contributed by atoms with Gasteiger partial charge in [0.2, 0.25) is 5.91 Å². The van der Waals surface area contributed by atoms with Crippen LogP contribution in [-0.2, 0) is 4.79 Å². The Kier molecular flexibility index (Phi) is 4.34. The van der Waals surface area contributed by atoms with E-state index in [1.807, 2.05) is 0 Å². The van der Waals surface area contributed by atoms with E-state index in [2.05, 4.69) is 17.1 Å². The summed E-state index contributed by atoms with van der Waals surface area (Å²) in [5, 5.41) is 3.53. The van der Waals surface area contributed by atoms with E-state index in [1.54, 1.807) is 0 Å². The van der Waals surface area contributed by atoms with Gasteiger partial charge in [0.15, 0.2) is 0 Å². The third-order valence-electron chi connectivity index (χ3n) is 5.68. The Labute approximate surface area is 123 Å². The Balaban J connectivity index is 1.67. The van der Waals surface area contributed by atoms with Crippen molar-refractivity contribution < 1.29 is 4.79 Å². The number of rotatable bonds is 5. The van der Waals surface area contributed by atoms with Crippen LogP contribution < -0.4 is 5.32 Å². The van der Waals surface area contributed by atoms with Crippen molar-refractivity contribution in [2.24, 2.45) is 5.92 Å². The first-order chi connectivity index (χ1) is 9.75. The Morgan fingerprint density at radius 1 is 1.15 bits per heavy atom. The van der Waals surface area contributed by atoms with Crippen LogP contribution in [0.15, 0.2) is 0 Å². The van der Waals surface area contributed by atoms with Crippen LogP contribution >= 0.6 is 0 Å². The Morgan fingerprint density at radius 3 is 2.45 bits per heavy atom. The van der Waals surface area contributed by atoms with E-state index < -0.39 is 0 Å². The molecule has 1 aliphatic heterocycles. The molecule has 0 aromatic rings. The molecule has 2 saturated carbocycles. The molecule has 1 saturated heterocycles. The minimum Gasteiger partial charge on any atom is -0.338 e. The summed E-state index contributed by atoms with van der Waals surface area (Å²) in [5.74, 6) is 1.19. The predicted molar refractivity (Wildman–Crippen MR) is 81.6 cm³/mol. The molecule has 20 heavy (non-hydrogen) atoms. The highest BCUT2D eigenvalue weighted by molar-refractivity contribution is 5.87. The summed E-state index contributed by atoms with van der Waals surface area (Å²) in [6, 6.07) is 0.565. The zero-order valence-electron chi connectivity index (χ0n) is 13.0. The fourth-order valence-corrected chi connectivity index (χ4v) is 4.15. The van der Waals surface area contributed by atoms with Crippen molar-refractivity contribution in [1.29, 1.82) is 0 Å². The summed E-state index contributed by atoms with van der Waals surface area (Å²) in [7, 11) is 0. The van der Waals surface area contributed by atoms with Crippen molar-refractivity contribution in [2.45, 2.75) is 82.7 Å². The zero-order chi connectivity index (χ0) is 14.0. The quantitative estimate of drug-likeness (QED) is 0.838. The third-order valence-corrected chi connectivity index (χ3v) is 5.68. The normalized spacial score (nSPS) is 31.4. The number of nitrogens with one attached hydrogen (secondary N) is 1. The van der Waals surface area contributed by atoms with Gasteiger partial charge in [-0.3, -0.25) is 4.79 Å². The van der Waals surface area contributed by atoms with Crippen molar-refractivity contribution >= 4 is 5.91 Å². The molecule has 3 aliphatic rings. The van der Waals surface area contributed by atoms with E-state index in [0.717, 1.165) is 38.3 Å². The summed E-state index contributed by atoms with van der Waals surface area (Å²) in [6.07, 6.45) is 12.4. The fraction of sp³-hybridized carbons (Fsp3) is 0.941. The minimum absolute atomic E-state index is 0.225. The van der Waals surface area contributed by atoms with Crippen LogP contribution in [-0.4, -0.2) is 35.5 Å². The van der Waals surface area contributed by atoms with Crippen molar-refractivity contribution in [3.05, 3.63) is 0 Å². The largest absolute Gasteiger partial charge is 0.338 e. The number of carbonyl (C=O) groups is 1. The first-order valence-corrected chi connectivity index (χ1v) is 8.81. The number of hydrogen-bond donors (Lipinski definition) is 1. The lowest BCUT2D eigenvalue weighted by atomic mass is 9.87. The smallest absolute Gasteiger partial charge is 0.243 e. The number of amides is 1. The second kappa shape index (κ2) is 6.05. The molecule has 3 rings (SSSR count). The number of hydrogen-bond acceptors (Lipinski definition) is 2. The molecule has 0 spiro atoms. The molecule has 1 heterocycles. The first kappa shape index (κ1) is 14.4. The van der Waals surface area contributed by atoms with E-state index in [0.29, 0.717) is 11.9 Å². The van der Waals surface area contributed by atoms with Gasteiger partial charge in [0.05, 0.1) is 5.54 Å². The molecule has 3 heteroatoms. The van der Waals surface area contributed by atoms with E-state index >= 15 is 0 Å². The summed E-state index contributed by atoms with van der Waals surface area (Å²) >= 11 is 0. The molecule has 3 fully saturated rings. The molecule has 1 amide bonds. The summed E-state index contributed by atoms with van der Waals surface area (Å²) < 4.78 is 0. The van der Waals surface area contributed by atoms with E-state index in [4.69, 9.17) is 0 Å².